The molecule has 0 aromatic heterocycles. The van der Waals surface area contributed by atoms with Gasteiger partial charge in [0.25, 0.3) is 0 Å². The number of hydrogen-bond donors (Lipinski definition) is 0. The van der Waals surface area contributed by atoms with Crippen LogP contribution in [-0.4, -0.2) is 0 Å². The van der Waals surface area contributed by atoms with Gasteiger partial charge in [-0.2, -0.15) is 0 Å². The second-order valence-corrected chi connectivity index (χ2v) is 9.74. The Kier molecular flexibility index (Phi) is 10.1. The van der Waals surface area contributed by atoms with Gasteiger partial charge in [0.05, 0.1) is 0 Å². The van der Waals surface area contributed by atoms with E-state index in [0.717, 1.165) is 0 Å². The maximum Gasteiger partial charge on any atom is -1.00 e. The van der Waals surface area contributed by atoms with E-state index < -0.39 is 0 Å². The Hall–Kier alpha value is -1.28. The summed E-state index contributed by atoms with van der Waals surface area (Å²) in [6.07, 6.45) is 7.12. The summed E-state index contributed by atoms with van der Waals surface area (Å²) >= 11 is 2.38. The first-order chi connectivity index (χ1) is 13.8. The Labute approximate surface area is 223 Å². The molecule has 0 bridgehead atoms. The van der Waals surface area contributed by atoms with Crippen LogP contribution < -0.4 is 37.2 Å². The van der Waals surface area contributed by atoms with E-state index in [1.54, 1.807) is 0 Å². The second kappa shape index (κ2) is 11.2. The van der Waals surface area contributed by atoms with Crippen LogP contribution in [0.25, 0.3) is 0 Å². The van der Waals surface area contributed by atoms with Gasteiger partial charge in [-0.1, -0.05) is 0 Å². The van der Waals surface area contributed by atoms with E-state index in [2.05, 4.69) is 139 Å². The molecule has 0 fully saturated rings. The van der Waals surface area contributed by atoms with Crippen LogP contribution in [0.1, 0.15) is 40.3 Å². The fourth-order valence-electron chi connectivity index (χ4n) is 4.80. The summed E-state index contributed by atoms with van der Waals surface area (Å²) in [5, 5.41) is 0. The zero-order valence-corrected chi connectivity index (χ0v) is 22.6. The minimum atomic E-state index is -0.314. The molecule has 32 heavy (non-hydrogen) atoms. The fraction of sp³-hybridized carbons (Fsp3) is 0.214. The molecule has 0 nitrogen and oxygen atoms in total. The van der Waals surface area contributed by atoms with Crippen molar-refractivity contribution in [3.05, 3.63) is 130 Å². The van der Waals surface area contributed by atoms with Gasteiger partial charge in [-0.15, -0.1) is 0 Å². The molecule has 1 aliphatic carbocycles. The van der Waals surface area contributed by atoms with E-state index in [1.807, 2.05) is 0 Å². The molecular formula is C28H27Cl3Ti. The molecular weight excluding hydrogens is 491 g/mol. The largest absolute Gasteiger partial charge is 1.00 e. The molecule has 0 saturated carbocycles. The molecule has 1 atom stereocenters. The van der Waals surface area contributed by atoms with Crippen molar-refractivity contribution in [2.75, 3.05) is 0 Å². The number of hydrogen-bond acceptors (Lipinski definition) is 0. The first-order valence-electron chi connectivity index (χ1n) is 10.2. The molecule has 164 valence electrons. The summed E-state index contributed by atoms with van der Waals surface area (Å²) in [5.74, 6) is 0. The summed E-state index contributed by atoms with van der Waals surface area (Å²) in [4.78, 5) is 0. The monoisotopic (exact) mass is 516 g/mol. The maximum absolute atomic E-state index is 2.44. The van der Waals surface area contributed by atoms with Gasteiger partial charge in [0.1, 0.15) is 0 Å². The number of rotatable bonds is 4. The van der Waals surface area contributed by atoms with Crippen LogP contribution in [0.2, 0.25) is 3.72 Å². The van der Waals surface area contributed by atoms with Crippen LogP contribution >= 0.6 is 0 Å². The van der Waals surface area contributed by atoms with Gasteiger partial charge in [0.15, 0.2) is 0 Å². The zero-order chi connectivity index (χ0) is 20.6. The summed E-state index contributed by atoms with van der Waals surface area (Å²) in [6.45, 7) is 8.77. The predicted octanol–water partition coefficient (Wildman–Crippen LogP) is -1.82. The van der Waals surface area contributed by atoms with E-state index in [9.17, 15) is 0 Å². The standard InChI is InChI=1S/C28H27.3ClH.Ti/c1-20-8-5-11-24(16-20)28(27-15-14-23(4)19-27,25-12-6-9-21(2)17-25)26-13-7-10-22(3)18-26;;;;/h5-19H,1-4H3;3*1H;/q;;;;+3/p-3. The summed E-state index contributed by atoms with van der Waals surface area (Å²) in [7, 11) is 0. The fourth-order valence-corrected chi connectivity index (χ4v) is 5.96. The van der Waals surface area contributed by atoms with E-state index in [0.29, 0.717) is 0 Å². The second-order valence-electron chi connectivity index (χ2n) is 8.45. The van der Waals surface area contributed by atoms with Crippen LogP contribution in [0.15, 0.2) is 96.6 Å². The van der Waals surface area contributed by atoms with Gasteiger partial charge in [0, 0.05) is 0 Å². The Morgan fingerprint density at radius 1 is 0.625 bits per heavy atom. The summed E-state index contributed by atoms with van der Waals surface area (Å²) < 4.78 is -0.174. The molecule has 1 unspecified atom stereocenters. The molecule has 0 amide bonds. The first kappa shape index (κ1) is 28.8. The molecule has 0 N–H and O–H groups in total. The minimum Gasteiger partial charge on any atom is -1.00 e. The van der Waals surface area contributed by atoms with Gasteiger partial charge in [0.2, 0.25) is 0 Å². The Morgan fingerprint density at radius 3 is 1.28 bits per heavy atom. The van der Waals surface area contributed by atoms with Gasteiger partial charge in [-0.05, 0) is 0 Å². The molecule has 4 heteroatoms. The van der Waals surface area contributed by atoms with Gasteiger partial charge in [-0.25, -0.2) is 0 Å². The Balaban J connectivity index is 0.00000171. The van der Waals surface area contributed by atoms with Crippen molar-refractivity contribution in [1.29, 1.82) is 0 Å². The maximum atomic E-state index is 2.44. The van der Waals surface area contributed by atoms with E-state index in [-0.39, 0.29) is 46.4 Å². The molecule has 0 saturated heterocycles. The van der Waals surface area contributed by atoms with Crippen LogP contribution in [0.5, 0.6) is 0 Å². The smallest absolute Gasteiger partial charge is 1.00 e. The number of benzene rings is 3. The molecule has 1 aliphatic rings. The van der Waals surface area contributed by atoms with Crippen molar-refractivity contribution < 1.29 is 57.7 Å². The van der Waals surface area contributed by atoms with Crippen LogP contribution in [0.4, 0.5) is 0 Å². The van der Waals surface area contributed by atoms with Crippen molar-refractivity contribution in [2.45, 2.75) is 36.8 Å². The summed E-state index contributed by atoms with van der Waals surface area (Å²) in [6, 6.07) is 27.2. The molecule has 3 aromatic carbocycles. The minimum absolute atomic E-state index is 0. The van der Waals surface area contributed by atoms with Crippen molar-refractivity contribution in [1.82, 2.24) is 0 Å². The Bertz CT molecular complexity index is 1020. The third-order valence-corrected chi connectivity index (χ3v) is 7.11. The Morgan fingerprint density at radius 2 is 1.00 bits per heavy atom. The van der Waals surface area contributed by atoms with Crippen LogP contribution in [0.3, 0.4) is 0 Å². The SMILES string of the molecule is CC1=C[C]([Ti+3])(C(c2cccc(C)c2)(c2cccc(C)c2)c2cccc(C)c2)C=C1.[Cl-].[Cl-].[Cl-]. The molecule has 0 heterocycles. The predicted molar refractivity (Wildman–Crippen MR) is 119 cm³/mol. The van der Waals surface area contributed by atoms with Crippen molar-refractivity contribution >= 4 is 0 Å². The van der Waals surface area contributed by atoms with E-state index in [4.69, 9.17) is 0 Å². The first-order valence-corrected chi connectivity index (χ1v) is 11.0. The van der Waals surface area contributed by atoms with Gasteiger partial charge in [-0.3, -0.25) is 0 Å². The molecule has 0 aliphatic heterocycles. The molecule has 3 aromatic rings. The average molecular weight is 518 g/mol. The zero-order valence-electron chi connectivity index (χ0n) is 18.8. The molecule has 0 spiro atoms. The van der Waals surface area contributed by atoms with Gasteiger partial charge >= 0.3 is 187 Å². The number of allylic oxidation sites excluding steroid dienone is 4. The average Bonchev–Trinajstić information content (AvgIpc) is 3.02. The van der Waals surface area contributed by atoms with Crippen molar-refractivity contribution in [2.24, 2.45) is 0 Å². The number of aryl methyl sites for hydroxylation is 3. The van der Waals surface area contributed by atoms with Crippen LogP contribution in [0, 0.1) is 20.8 Å². The summed E-state index contributed by atoms with van der Waals surface area (Å²) in [5.41, 5.74) is 8.90. The molecule has 4 rings (SSSR count). The van der Waals surface area contributed by atoms with Crippen molar-refractivity contribution in [3.8, 4) is 0 Å². The van der Waals surface area contributed by atoms with Gasteiger partial charge < -0.3 is 37.2 Å². The van der Waals surface area contributed by atoms with Crippen molar-refractivity contribution in [3.63, 3.8) is 0 Å². The van der Waals surface area contributed by atoms with Crippen LogP contribution in [-0.2, 0) is 25.9 Å². The quantitative estimate of drug-likeness (QED) is 0.283. The number of halogens is 3. The normalized spacial score (nSPS) is 17.0. The van der Waals surface area contributed by atoms with E-state index >= 15 is 0 Å². The van der Waals surface area contributed by atoms with E-state index in [1.165, 1.54) is 39.0 Å². The third-order valence-electron chi connectivity index (χ3n) is 6.04. The molecule has 0 radical (unpaired) electrons. The topological polar surface area (TPSA) is 0 Å². The third kappa shape index (κ3) is 4.96.